The number of methoxy groups -OCH3 is 2. The zero-order valence-corrected chi connectivity index (χ0v) is 18.7. The van der Waals surface area contributed by atoms with E-state index in [9.17, 15) is 9.59 Å². The van der Waals surface area contributed by atoms with Crippen molar-refractivity contribution in [2.24, 2.45) is 5.10 Å². The quantitative estimate of drug-likeness (QED) is 0.350. The fourth-order valence-corrected chi connectivity index (χ4v) is 3.53. The minimum absolute atomic E-state index is 0.249. The van der Waals surface area contributed by atoms with Crippen LogP contribution in [0.15, 0.2) is 58.6 Å². The summed E-state index contributed by atoms with van der Waals surface area (Å²) in [4.78, 5) is 27.7. The third kappa shape index (κ3) is 4.47. The molecule has 2 N–H and O–H groups in total. The second-order valence-corrected chi connectivity index (χ2v) is 7.47. The Balaban J connectivity index is 1.61. The fourth-order valence-electron chi connectivity index (χ4n) is 3.53. The van der Waals surface area contributed by atoms with E-state index in [1.165, 1.54) is 18.5 Å². The summed E-state index contributed by atoms with van der Waals surface area (Å²) in [5.74, 6) is 0.800. The highest BCUT2D eigenvalue weighted by Gasteiger charge is 2.17. The summed E-state index contributed by atoms with van der Waals surface area (Å²) in [7, 11) is 3.12. The molecule has 0 bridgehead atoms. The average Bonchev–Trinajstić information content (AvgIpc) is 3.19. The van der Waals surface area contributed by atoms with Crippen LogP contribution in [0.2, 0.25) is 0 Å². The minimum Gasteiger partial charge on any atom is -0.497 e. The maximum absolute atomic E-state index is 12.7. The number of amides is 1. The SMILES string of the molecule is COc1cc(/C=N\NC(=O)c2cnn(-c3cc(=O)[nH]c4ccc(C)cc34)c2C)cc(OC)c1. The van der Waals surface area contributed by atoms with E-state index in [2.05, 4.69) is 20.6 Å². The van der Waals surface area contributed by atoms with E-state index in [0.29, 0.717) is 39.5 Å². The Hall–Kier alpha value is -4.40. The van der Waals surface area contributed by atoms with Crippen molar-refractivity contribution < 1.29 is 14.3 Å². The van der Waals surface area contributed by atoms with Crippen molar-refractivity contribution in [2.75, 3.05) is 14.2 Å². The lowest BCUT2D eigenvalue weighted by molar-refractivity contribution is 0.0954. The van der Waals surface area contributed by atoms with Crippen LogP contribution in [0.4, 0.5) is 0 Å². The van der Waals surface area contributed by atoms with Crippen LogP contribution in [0.3, 0.4) is 0 Å². The Bertz CT molecular complexity index is 1410. The van der Waals surface area contributed by atoms with Gasteiger partial charge in [-0.3, -0.25) is 9.59 Å². The van der Waals surface area contributed by atoms with Gasteiger partial charge in [0.2, 0.25) is 0 Å². The first-order chi connectivity index (χ1) is 15.9. The van der Waals surface area contributed by atoms with E-state index in [-0.39, 0.29) is 5.56 Å². The normalized spacial score (nSPS) is 11.2. The molecule has 2 heterocycles. The molecule has 2 aromatic carbocycles. The first-order valence-corrected chi connectivity index (χ1v) is 10.1. The number of hydrazone groups is 1. The number of carbonyl (C=O) groups excluding carboxylic acids is 1. The molecular weight excluding hydrogens is 422 g/mol. The monoisotopic (exact) mass is 445 g/mol. The molecule has 9 nitrogen and oxygen atoms in total. The van der Waals surface area contributed by atoms with E-state index in [0.717, 1.165) is 10.9 Å². The number of ether oxygens (including phenoxy) is 2. The molecule has 0 atom stereocenters. The van der Waals surface area contributed by atoms with Crippen LogP contribution < -0.4 is 20.5 Å². The van der Waals surface area contributed by atoms with E-state index in [1.54, 1.807) is 44.0 Å². The highest BCUT2D eigenvalue weighted by molar-refractivity contribution is 5.96. The molecule has 0 unspecified atom stereocenters. The first kappa shape index (κ1) is 21.8. The van der Waals surface area contributed by atoms with E-state index in [1.807, 2.05) is 25.1 Å². The van der Waals surface area contributed by atoms with Crippen molar-refractivity contribution in [1.29, 1.82) is 0 Å². The maximum atomic E-state index is 12.7. The van der Waals surface area contributed by atoms with Gasteiger partial charge in [-0.1, -0.05) is 11.6 Å². The molecule has 33 heavy (non-hydrogen) atoms. The number of hydrogen-bond donors (Lipinski definition) is 2. The zero-order valence-electron chi connectivity index (χ0n) is 18.7. The van der Waals surface area contributed by atoms with E-state index >= 15 is 0 Å². The van der Waals surface area contributed by atoms with Gasteiger partial charge in [0.25, 0.3) is 11.5 Å². The predicted molar refractivity (Wildman–Crippen MR) is 126 cm³/mol. The number of fused-ring (bicyclic) bond motifs is 1. The van der Waals surface area contributed by atoms with Crippen LogP contribution in [0.1, 0.15) is 27.2 Å². The van der Waals surface area contributed by atoms with Gasteiger partial charge in [0.05, 0.1) is 49.1 Å². The number of benzene rings is 2. The Morgan fingerprint density at radius 1 is 1.09 bits per heavy atom. The number of carbonyl (C=O) groups is 1. The number of aromatic nitrogens is 3. The lowest BCUT2D eigenvalue weighted by Gasteiger charge is -2.09. The second-order valence-electron chi connectivity index (χ2n) is 7.47. The Kier molecular flexibility index (Phi) is 5.95. The number of pyridine rings is 1. The van der Waals surface area contributed by atoms with Crippen molar-refractivity contribution >= 4 is 23.0 Å². The van der Waals surface area contributed by atoms with Crippen molar-refractivity contribution in [3.63, 3.8) is 0 Å². The molecular formula is C24H23N5O4. The third-order valence-corrected chi connectivity index (χ3v) is 5.21. The molecule has 0 spiro atoms. The number of H-pyrrole nitrogens is 1. The van der Waals surface area contributed by atoms with E-state index < -0.39 is 5.91 Å². The molecule has 0 saturated heterocycles. The molecule has 9 heteroatoms. The maximum Gasteiger partial charge on any atom is 0.274 e. The van der Waals surface area contributed by atoms with Crippen LogP contribution in [0.5, 0.6) is 11.5 Å². The summed E-state index contributed by atoms with van der Waals surface area (Å²) in [6.45, 7) is 3.74. The summed E-state index contributed by atoms with van der Waals surface area (Å²) in [6, 6.07) is 12.5. The smallest absolute Gasteiger partial charge is 0.274 e. The number of aryl methyl sites for hydroxylation is 1. The minimum atomic E-state index is -0.421. The van der Waals surface area contributed by atoms with E-state index in [4.69, 9.17) is 9.47 Å². The van der Waals surface area contributed by atoms with Crippen LogP contribution in [-0.2, 0) is 0 Å². The predicted octanol–water partition coefficient (Wildman–Crippen LogP) is 3.11. The highest BCUT2D eigenvalue weighted by Crippen LogP contribution is 2.23. The molecule has 0 aliphatic heterocycles. The van der Waals surface area contributed by atoms with Crippen molar-refractivity contribution in [3.05, 3.63) is 81.4 Å². The summed E-state index contributed by atoms with van der Waals surface area (Å²) in [5.41, 5.74) is 6.23. The summed E-state index contributed by atoms with van der Waals surface area (Å²) < 4.78 is 12.1. The van der Waals surface area contributed by atoms with Gasteiger partial charge in [0.1, 0.15) is 11.5 Å². The first-order valence-electron chi connectivity index (χ1n) is 10.1. The average molecular weight is 445 g/mol. The Labute approximate surface area is 189 Å². The van der Waals surface area contributed by atoms with Crippen LogP contribution in [-0.4, -0.2) is 41.1 Å². The zero-order chi connectivity index (χ0) is 23.5. The number of aromatic amines is 1. The lowest BCUT2D eigenvalue weighted by Crippen LogP contribution is -2.18. The van der Waals surface area contributed by atoms with Gasteiger partial charge in [0, 0.05) is 23.1 Å². The summed E-state index contributed by atoms with van der Waals surface area (Å²) >= 11 is 0. The summed E-state index contributed by atoms with van der Waals surface area (Å²) in [5, 5.41) is 9.23. The molecule has 4 rings (SSSR count). The topological polar surface area (TPSA) is 111 Å². The molecule has 0 radical (unpaired) electrons. The van der Waals surface area contributed by atoms with Crippen molar-refractivity contribution in [1.82, 2.24) is 20.2 Å². The molecule has 2 aromatic heterocycles. The van der Waals surface area contributed by atoms with Gasteiger partial charge in [-0.2, -0.15) is 10.2 Å². The molecule has 4 aromatic rings. The van der Waals surface area contributed by atoms with Crippen LogP contribution in [0, 0.1) is 13.8 Å². The molecule has 168 valence electrons. The number of rotatable bonds is 6. The number of nitrogens with zero attached hydrogens (tertiary/aromatic N) is 3. The largest absolute Gasteiger partial charge is 0.497 e. The van der Waals surface area contributed by atoms with Gasteiger partial charge >= 0.3 is 0 Å². The van der Waals surface area contributed by atoms with Gasteiger partial charge in [-0.15, -0.1) is 0 Å². The van der Waals surface area contributed by atoms with Crippen molar-refractivity contribution in [3.8, 4) is 17.2 Å². The third-order valence-electron chi connectivity index (χ3n) is 5.21. The van der Waals surface area contributed by atoms with Gasteiger partial charge in [-0.05, 0) is 38.1 Å². The molecule has 0 aliphatic rings. The van der Waals surface area contributed by atoms with Gasteiger partial charge in [-0.25, -0.2) is 10.1 Å². The second kappa shape index (κ2) is 8.99. The fraction of sp³-hybridized carbons (Fsp3) is 0.167. The molecule has 0 aliphatic carbocycles. The lowest BCUT2D eigenvalue weighted by atomic mass is 10.1. The Morgan fingerprint density at radius 3 is 2.52 bits per heavy atom. The van der Waals surface area contributed by atoms with Gasteiger partial charge < -0.3 is 14.5 Å². The van der Waals surface area contributed by atoms with Crippen LogP contribution in [0.25, 0.3) is 16.6 Å². The molecule has 1 amide bonds. The standard InChI is InChI=1S/C24H23N5O4/c1-14-5-6-21-19(7-14)22(11-23(30)27-21)29-15(2)20(13-26-29)24(31)28-25-12-16-8-17(32-3)10-18(9-16)33-4/h5-13H,1-4H3,(H,27,30)(H,28,31)/b25-12-. The molecule has 0 fully saturated rings. The van der Waals surface area contributed by atoms with Gasteiger partial charge in [0.15, 0.2) is 0 Å². The highest BCUT2D eigenvalue weighted by atomic mass is 16.5. The van der Waals surface area contributed by atoms with Crippen LogP contribution >= 0.6 is 0 Å². The Morgan fingerprint density at radius 2 is 1.82 bits per heavy atom. The number of hydrogen-bond acceptors (Lipinski definition) is 6. The van der Waals surface area contributed by atoms with Crippen molar-refractivity contribution in [2.45, 2.75) is 13.8 Å². The molecule has 0 saturated carbocycles. The number of nitrogens with one attached hydrogen (secondary N) is 2. The summed E-state index contributed by atoms with van der Waals surface area (Å²) in [6.07, 6.45) is 2.95.